The third-order valence-electron chi connectivity index (χ3n) is 3.31. The van der Waals surface area contributed by atoms with Gasteiger partial charge in [0.15, 0.2) is 11.5 Å². The number of phenols is 1. The molecule has 0 aliphatic heterocycles. The van der Waals surface area contributed by atoms with E-state index in [4.69, 9.17) is 20.3 Å². The third kappa shape index (κ3) is 1.74. The lowest BCUT2D eigenvalue weighted by Gasteiger charge is -2.12. The van der Waals surface area contributed by atoms with Crippen molar-refractivity contribution in [2.24, 2.45) is 5.73 Å². The van der Waals surface area contributed by atoms with Crippen LogP contribution in [0.2, 0.25) is 0 Å². The van der Waals surface area contributed by atoms with Gasteiger partial charge in [-0.15, -0.1) is 0 Å². The summed E-state index contributed by atoms with van der Waals surface area (Å²) in [7, 11) is 2.83. The molecule has 2 rings (SSSR count). The number of aliphatic carboxylic acids is 1. The third-order valence-corrected chi connectivity index (χ3v) is 3.31. The van der Waals surface area contributed by atoms with Gasteiger partial charge in [0.1, 0.15) is 5.54 Å². The van der Waals surface area contributed by atoms with Gasteiger partial charge in [-0.25, -0.2) is 0 Å². The van der Waals surface area contributed by atoms with Crippen LogP contribution in [0.1, 0.15) is 17.9 Å². The summed E-state index contributed by atoms with van der Waals surface area (Å²) in [6.45, 7) is 0. The van der Waals surface area contributed by atoms with Crippen molar-refractivity contribution in [2.45, 2.75) is 17.9 Å². The summed E-state index contributed by atoms with van der Waals surface area (Å²) < 4.78 is 10.0. The lowest BCUT2D eigenvalue weighted by molar-refractivity contribution is -0.139. The minimum Gasteiger partial charge on any atom is -0.502 e. The van der Waals surface area contributed by atoms with Crippen molar-refractivity contribution in [3.05, 3.63) is 17.7 Å². The van der Waals surface area contributed by atoms with Crippen LogP contribution in [0.5, 0.6) is 17.2 Å². The Labute approximate surface area is 104 Å². The van der Waals surface area contributed by atoms with Gasteiger partial charge in [-0.05, 0) is 24.1 Å². The number of carboxylic acid groups (broad SMARTS) is 1. The van der Waals surface area contributed by atoms with Crippen molar-refractivity contribution < 1.29 is 24.5 Å². The Balaban J connectivity index is 2.39. The molecule has 6 nitrogen and oxygen atoms in total. The fraction of sp³-hybridized carbons (Fsp3) is 0.417. The molecule has 0 bridgehead atoms. The van der Waals surface area contributed by atoms with E-state index in [0.29, 0.717) is 12.0 Å². The monoisotopic (exact) mass is 253 g/mol. The summed E-state index contributed by atoms with van der Waals surface area (Å²) in [5.41, 5.74) is 5.20. The van der Waals surface area contributed by atoms with E-state index in [0.717, 1.165) is 0 Å². The summed E-state index contributed by atoms with van der Waals surface area (Å²) in [6.07, 6.45) is 0.361. The van der Waals surface area contributed by atoms with Crippen molar-refractivity contribution in [2.75, 3.05) is 14.2 Å². The summed E-state index contributed by atoms with van der Waals surface area (Å²) in [5.74, 6) is -0.952. The molecule has 1 aromatic rings. The first kappa shape index (κ1) is 12.5. The van der Waals surface area contributed by atoms with Crippen molar-refractivity contribution in [3.8, 4) is 17.2 Å². The molecule has 1 aliphatic carbocycles. The van der Waals surface area contributed by atoms with Crippen molar-refractivity contribution in [1.29, 1.82) is 0 Å². The van der Waals surface area contributed by atoms with E-state index in [1.807, 2.05) is 0 Å². The van der Waals surface area contributed by atoms with E-state index in [2.05, 4.69) is 0 Å². The molecule has 0 radical (unpaired) electrons. The number of hydrogen-bond donors (Lipinski definition) is 3. The van der Waals surface area contributed by atoms with Crippen LogP contribution >= 0.6 is 0 Å². The summed E-state index contributed by atoms with van der Waals surface area (Å²) in [5, 5.41) is 18.8. The van der Waals surface area contributed by atoms with Crippen molar-refractivity contribution >= 4 is 5.97 Å². The normalized spacial score (nSPS) is 25.6. The molecule has 1 aromatic carbocycles. The molecule has 0 spiro atoms. The average molecular weight is 253 g/mol. The van der Waals surface area contributed by atoms with E-state index < -0.39 is 11.5 Å². The number of carbonyl (C=O) groups is 1. The molecule has 0 saturated heterocycles. The number of nitrogens with two attached hydrogens (primary N) is 1. The number of aromatic hydroxyl groups is 1. The van der Waals surface area contributed by atoms with E-state index in [9.17, 15) is 9.90 Å². The van der Waals surface area contributed by atoms with Gasteiger partial charge in [-0.1, -0.05) is 0 Å². The molecule has 1 fully saturated rings. The van der Waals surface area contributed by atoms with E-state index in [1.165, 1.54) is 14.2 Å². The Bertz CT molecular complexity index is 476. The SMILES string of the molecule is COc1cc(C2CC2(N)C(=O)O)cc(OC)c1O. The van der Waals surface area contributed by atoms with Gasteiger partial charge in [0.25, 0.3) is 0 Å². The second-order valence-corrected chi connectivity index (χ2v) is 4.38. The van der Waals surface area contributed by atoms with Crippen LogP contribution < -0.4 is 15.2 Å². The first-order valence-corrected chi connectivity index (χ1v) is 5.41. The summed E-state index contributed by atoms with van der Waals surface area (Å²) in [6, 6.07) is 3.17. The van der Waals surface area contributed by atoms with Gasteiger partial charge < -0.3 is 25.4 Å². The minimum atomic E-state index is -1.23. The molecule has 1 aliphatic rings. The van der Waals surface area contributed by atoms with Gasteiger partial charge >= 0.3 is 5.97 Å². The summed E-state index contributed by atoms with van der Waals surface area (Å²) >= 11 is 0. The predicted octanol–water partition coefficient (Wildman–Crippen LogP) is 0.679. The number of rotatable bonds is 4. The Kier molecular flexibility index (Phi) is 2.82. The molecule has 0 amide bonds. The topological polar surface area (TPSA) is 102 Å². The minimum absolute atomic E-state index is 0.109. The maximum atomic E-state index is 11.0. The zero-order valence-electron chi connectivity index (χ0n) is 10.1. The van der Waals surface area contributed by atoms with Crippen molar-refractivity contribution in [3.63, 3.8) is 0 Å². The zero-order valence-corrected chi connectivity index (χ0v) is 10.1. The van der Waals surface area contributed by atoms with Crippen molar-refractivity contribution in [1.82, 2.24) is 0 Å². The highest BCUT2D eigenvalue weighted by atomic mass is 16.5. The molecule has 18 heavy (non-hydrogen) atoms. The molecule has 98 valence electrons. The number of methoxy groups -OCH3 is 2. The highest BCUT2D eigenvalue weighted by Crippen LogP contribution is 2.52. The van der Waals surface area contributed by atoms with Crippen LogP contribution in [0.3, 0.4) is 0 Å². The molecule has 0 aromatic heterocycles. The molecule has 2 atom stereocenters. The number of ether oxygens (including phenoxy) is 2. The quantitative estimate of drug-likeness (QED) is 0.729. The Hall–Kier alpha value is -1.95. The molecular formula is C12H15NO5. The van der Waals surface area contributed by atoms with Crippen LogP contribution in [0.15, 0.2) is 12.1 Å². The van der Waals surface area contributed by atoms with E-state index in [1.54, 1.807) is 12.1 Å². The van der Waals surface area contributed by atoms with Gasteiger partial charge in [-0.2, -0.15) is 0 Å². The van der Waals surface area contributed by atoms with Crippen LogP contribution in [-0.4, -0.2) is 35.9 Å². The van der Waals surface area contributed by atoms with Gasteiger partial charge in [0, 0.05) is 5.92 Å². The smallest absolute Gasteiger partial charge is 0.324 e. The Morgan fingerprint density at radius 1 is 1.39 bits per heavy atom. The van der Waals surface area contributed by atoms with Gasteiger partial charge in [0.2, 0.25) is 5.75 Å². The average Bonchev–Trinajstić information content (AvgIpc) is 3.03. The molecule has 2 unspecified atom stereocenters. The van der Waals surface area contributed by atoms with Crippen LogP contribution in [-0.2, 0) is 4.79 Å². The highest BCUT2D eigenvalue weighted by molar-refractivity contribution is 5.85. The van der Waals surface area contributed by atoms with E-state index >= 15 is 0 Å². The number of hydrogen-bond acceptors (Lipinski definition) is 5. The Morgan fingerprint density at radius 3 is 2.22 bits per heavy atom. The molecule has 4 N–H and O–H groups in total. The largest absolute Gasteiger partial charge is 0.502 e. The second-order valence-electron chi connectivity index (χ2n) is 4.38. The lowest BCUT2D eigenvalue weighted by Crippen LogP contribution is -2.34. The number of carboxylic acids is 1. The maximum absolute atomic E-state index is 11.0. The van der Waals surface area contributed by atoms with Crippen LogP contribution in [0.25, 0.3) is 0 Å². The predicted molar refractivity (Wildman–Crippen MR) is 63.1 cm³/mol. The van der Waals surface area contributed by atoms with Gasteiger partial charge in [0.05, 0.1) is 14.2 Å². The maximum Gasteiger partial charge on any atom is 0.324 e. The fourth-order valence-electron chi connectivity index (χ4n) is 2.05. The summed E-state index contributed by atoms with van der Waals surface area (Å²) in [4.78, 5) is 11.0. The molecule has 6 heteroatoms. The number of benzene rings is 1. The first-order valence-electron chi connectivity index (χ1n) is 5.41. The standard InChI is InChI=1S/C12H15NO5/c1-17-8-3-6(4-9(18-2)10(8)14)7-5-12(7,13)11(15)16/h3-4,7,14H,5,13H2,1-2H3,(H,15,16). The van der Waals surface area contributed by atoms with Crippen LogP contribution in [0, 0.1) is 0 Å². The molecule has 0 heterocycles. The van der Waals surface area contributed by atoms with Gasteiger partial charge in [-0.3, -0.25) is 4.79 Å². The fourth-order valence-corrected chi connectivity index (χ4v) is 2.05. The zero-order chi connectivity index (χ0) is 13.5. The second kappa shape index (κ2) is 4.06. The molecule has 1 saturated carbocycles. The highest BCUT2D eigenvalue weighted by Gasteiger charge is 2.58. The first-order chi connectivity index (χ1) is 8.43. The van der Waals surface area contributed by atoms with Crippen LogP contribution in [0.4, 0.5) is 0 Å². The lowest BCUT2D eigenvalue weighted by atomic mass is 10.1. The van der Waals surface area contributed by atoms with E-state index in [-0.39, 0.29) is 23.2 Å². The Morgan fingerprint density at radius 2 is 1.89 bits per heavy atom. The number of phenolic OH excluding ortho intramolecular Hbond substituents is 1. The molecular weight excluding hydrogens is 238 g/mol.